The zero-order chi connectivity index (χ0) is 11.7. The highest BCUT2D eigenvalue weighted by molar-refractivity contribution is 5.76. The first-order chi connectivity index (χ1) is 8.36. The second-order valence-electron chi connectivity index (χ2n) is 4.53. The van der Waals surface area contributed by atoms with Gasteiger partial charge in [-0.2, -0.15) is 0 Å². The Morgan fingerprint density at radius 1 is 1.41 bits per heavy atom. The number of carbonyl (C=O) groups is 1. The first-order valence-electron chi connectivity index (χ1n) is 6.01. The van der Waals surface area contributed by atoms with Crippen LogP contribution in [0, 0.1) is 0 Å². The van der Waals surface area contributed by atoms with Gasteiger partial charge in [-0.3, -0.25) is 4.79 Å². The van der Waals surface area contributed by atoms with E-state index in [1.165, 1.54) is 0 Å². The maximum absolute atomic E-state index is 10.7. The van der Waals surface area contributed by atoms with Gasteiger partial charge in [0.1, 0.15) is 11.9 Å². The van der Waals surface area contributed by atoms with Crippen molar-refractivity contribution in [2.45, 2.75) is 18.8 Å². The molecule has 0 bridgehead atoms. The summed E-state index contributed by atoms with van der Waals surface area (Å²) in [7, 11) is 0. The van der Waals surface area contributed by atoms with E-state index in [0.717, 1.165) is 43.6 Å². The molecule has 3 rings (SSSR count). The van der Waals surface area contributed by atoms with E-state index < -0.39 is 0 Å². The molecule has 0 amide bonds. The lowest BCUT2D eigenvalue weighted by Crippen LogP contribution is -2.26. The van der Waals surface area contributed by atoms with Crippen molar-refractivity contribution in [1.29, 1.82) is 0 Å². The van der Waals surface area contributed by atoms with Crippen LogP contribution in [0.3, 0.4) is 0 Å². The number of imidazole rings is 1. The number of pyridine rings is 1. The Morgan fingerprint density at radius 3 is 3.00 bits per heavy atom. The van der Waals surface area contributed by atoms with Gasteiger partial charge in [-0.05, 0) is 38.1 Å². The molecule has 0 saturated carbocycles. The zero-order valence-electron chi connectivity index (χ0n) is 9.60. The van der Waals surface area contributed by atoms with Gasteiger partial charge in [0, 0.05) is 23.9 Å². The third kappa shape index (κ3) is 1.96. The van der Waals surface area contributed by atoms with Crippen LogP contribution in [0.2, 0.25) is 0 Å². The Balaban J connectivity index is 1.97. The second-order valence-corrected chi connectivity index (χ2v) is 4.53. The summed E-state index contributed by atoms with van der Waals surface area (Å²) in [6.07, 6.45) is 7.13. The minimum atomic E-state index is 0.552. The van der Waals surface area contributed by atoms with E-state index in [0.29, 0.717) is 11.5 Å². The number of hydrogen-bond donors (Lipinski definition) is 1. The van der Waals surface area contributed by atoms with Crippen LogP contribution >= 0.6 is 0 Å². The van der Waals surface area contributed by atoms with Crippen LogP contribution in [0.25, 0.3) is 5.65 Å². The lowest BCUT2D eigenvalue weighted by molar-refractivity contribution is 0.112. The monoisotopic (exact) mass is 229 g/mol. The molecule has 0 atom stereocenters. The number of fused-ring (bicyclic) bond motifs is 1. The summed E-state index contributed by atoms with van der Waals surface area (Å²) < 4.78 is 1.99. The van der Waals surface area contributed by atoms with Gasteiger partial charge in [-0.15, -0.1) is 0 Å². The van der Waals surface area contributed by atoms with E-state index in [-0.39, 0.29) is 0 Å². The number of nitrogens with one attached hydrogen (secondary N) is 1. The molecular weight excluding hydrogens is 214 g/mol. The molecule has 1 saturated heterocycles. The van der Waals surface area contributed by atoms with Crippen molar-refractivity contribution in [1.82, 2.24) is 14.7 Å². The molecule has 4 nitrogen and oxygen atoms in total. The summed E-state index contributed by atoms with van der Waals surface area (Å²) in [6.45, 7) is 2.14. The Morgan fingerprint density at radius 2 is 2.24 bits per heavy atom. The molecule has 1 fully saturated rings. The largest absolute Gasteiger partial charge is 0.317 e. The molecule has 1 aliphatic rings. The van der Waals surface area contributed by atoms with E-state index in [1.807, 2.05) is 22.7 Å². The van der Waals surface area contributed by atoms with Gasteiger partial charge in [-0.25, -0.2) is 4.98 Å². The minimum absolute atomic E-state index is 0.552. The summed E-state index contributed by atoms with van der Waals surface area (Å²) in [5, 5.41) is 3.36. The number of piperidine rings is 1. The van der Waals surface area contributed by atoms with E-state index in [4.69, 9.17) is 0 Å². The van der Waals surface area contributed by atoms with E-state index >= 15 is 0 Å². The topological polar surface area (TPSA) is 46.4 Å². The van der Waals surface area contributed by atoms with Crippen molar-refractivity contribution >= 4 is 11.9 Å². The standard InChI is InChI=1S/C13H15N3O/c17-9-10-3-6-16-8-12(15-13(16)7-10)11-1-4-14-5-2-11/h3,6-9,11,14H,1-2,4-5H2. The van der Waals surface area contributed by atoms with Crippen LogP contribution in [0.1, 0.15) is 34.8 Å². The Bertz CT molecular complexity index is 541. The van der Waals surface area contributed by atoms with Crippen molar-refractivity contribution in [3.63, 3.8) is 0 Å². The van der Waals surface area contributed by atoms with Crippen molar-refractivity contribution in [2.24, 2.45) is 0 Å². The molecule has 2 aromatic heterocycles. The fraction of sp³-hybridized carbons (Fsp3) is 0.385. The molecule has 3 heterocycles. The molecule has 0 unspecified atom stereocenters. The fourth-order valence-corrected chi connectivity index (χ4v) is 2.40. The second kappa shape index (κ2) is 4.30. The molecule has 0 spiro atoms. The van der Waals surface area contributed by atoms with Crippen molar-refractivity contribution in [2.75, 3.05) is 13.1 Å². The Kier molecular flexibility index (Phi) is 2.65. The molecule has 1 aliphatic heterocycles. The molecule has 0 aliphatic carbocycles. The molecule has 0 aromatic carbocycles. The number of aromatic nitrogens is 2. The normalized spacial score (nSPS) is 17.4. The van der Waals surface area contributed by atoms with Crippen LogP contribution < -0.4 is 5.32 Å². The average Bonchev–Trinajstić information content (AvgIpc) is 2.82. The Hall–Kier alpha value is -1.68. The van der Waals surface area contributed by atoms with E-state index in [2.05, 4.69) is 16.5 Å². The van der Waals surface area contributed by atoms with Crippen molar-refractivity contribution in [3.8, 4) is 0 Å². The summed E-state index contributed by atoms with van der Waals surface area (Å²) >= 11 is 0. The molecule has 88 valence electrons. The molecule has 17 heavy (non-hydrogen) atoms. The fourth-order valence-electron chi connectivity index (χ4n) is 2.40. The summed E-state index contributed by atoms with van der Waals surface area (Å²) in [5.74, 6) is 0.552. The quantitative estimate of drug-likeness (QED) is 0.796. The highest BCUT2D eigenvalue weighted by atomic mass is 16.1. The van der Waals surface area contributed by atoms with E-state index in [9.17, 15) is 4.79 Å². The van der Waals surface area contributed by atoms with Gasteiger partial charge >= 0.3 is 0 Å². The first-order valence-corrected chi connectivity index (χ1v) is 6.01. The average molecular weight is 229 g/mol. The first kappa shape index (κ1) is 10.5. The maximum atomic E-state index is 10.7. The highest BCUT2D eigenvalue weighted by Gasteiger charge is 2.17. The molecule has 0 radical (unpaired) electrons. The van der Waals surface area contributed by atoms with Gasteiger partial charge in [0.05, 0.1) is 5.69 Å². The van der Waals surface area contributed by atoms with Crippen molar-refractivity contribution in [3.05, 3.63) is 35.8 Å². The van der Waals surface area contributed by atoms with Crippen LogP contribution in [-0.2, 0) is 0 Å². The number of nitrogens with zero attached hydrogens (tertiary/aromatic N) is 2. The number of rotatable bonds is 2. The molecular formula is C13H15N3O. The van der Waals surface area contributed by atoms with Crippen LogP contribution in [-0.4, -0.2) is 28.8 Å². The van der Waals surface area contributed by atoms with Gasteiger partial charge in [0.2, 0.25) is 0 Å². The SMILES string of the molecule is O=Cc1ccn2cc(C3CCNCC3)nc2c1. The number of hydrogen-bond acceptors (Lipinski definition) is 3. The number of aldehydes is 1. The van der Waals surface area contributed by atoms with Crippen LogP contribution in [0.5, 0.6) is 0 Å². The smallest absolute Gasteiger partial charge is 0.150 e. The molecule has 4 heteroatoms. The lowest BCUT2D eigenvalue weighted by atomic mass is 9.95. The van der Waals surface area contributed by atoms with Gasteiger partial charge in [0.25, 0.3) is 0 Å². The predicted octanol–water partition coefficient (Wildman–Crippen LogP) is 1.61. The van der Waals surface area contributed by atoms with Gasteiger partial charge in [0.15, 0.2) is 0 Å². The third-order valence-electron chi connectivity index (χ3n) is 3.40. The van der Waals surface area contributed by atoms with Gasteiger partial charge in [-0.1, -0.05) is 0 Å². The Labute approximate surface area is 99.7 Å². The highest BCUT2D eigenvalue weighted by Crippen LogP contribution is 2.24. The third-order valence-corrected chi connectivity index (χ3v) is 3.40. The van der Waals surface area contributed by atoms with E-state index in [1.54, 1.807) is 0 Å². The van der Waals surface area contributed by atoms with Gasteiger partial charge < -0.3 is 9.72 Å². The summed E-state index contributed by atoms with van der Waals surface area (Å²) in [6, 6.07) is 3.64. The predicted molar refractivity (Wildman–Crippen MR) is 65.4 cm³/mol. The minimum Gasteiger partial charge on any atom is -0.317 e. The summed E-state index contributed by atoms with van der Waals surface area (Å²) in [5.41, 5.74) is 2.69. The lowest BCUT2D eigenvalue weighted by Gasteiger charge is -2.20. The summed E-state index contributed by atoms with van der Waals surface area (Å²) in [4.78, 5) is 15.3. The zero-order valence-corrected chi connectivity index (χ0v) is 9.60. The van der Waals surface area contributed by atoms with Crippen LogP contribution in [0.15, 0.2) is 24.5 Å². The molecule has 1 N–H and O–H groups in total. The van der Waals surface area contributed by atoms with Crippen LogP contribution in [0.4, 0.5) is 0 Å². The maximum Gasteiger partial charge on any atom is 0.150 e. The van der Waals surface area contributed by atoms with Crippen molar-refractivity contribution < 1.29 is 4.79 Å². The molecule has 2 aromatic rings. The number of carbonyl (C=O) groups excluding carboxylic acids is 1.